The summed E-state index contributed by atoms with van der Waals surface area (Å²) < 4.78 is 5.66. The quantitative estimate of drug-likeness (QED) is 0.733. The van der Waals surface area contributed by atoms with Crippen molar-refractivity contribution in [3.63, 3.8) is 0 Å². The maximum Gasteiger partial charge on any atom is 0.225 e. The number of nitrogens with two attached hydrogens (primary N) is 1. The summed E-state index contributed by atoms with van der Waals surface area (Å²) in [6.45, 7) is 6.35. The molecule has 2 N–H and O–H groups in total. The SMILES string of the molecule is CCC(C)/C=C\c1c(C)ccc2occ(C(CCC=O)C(N)=O)c12. The molecular weight excluding hydrogens is 302 g/mol. The molecule has 4 nitrogen and oxygen atoms in total. The lowest BCUT2D eigenvalue weighted by Gasteiger charge is -2.12. The van der Waals surface area contributed by atoms with Crippen LogP contribution in [-0.4, -0.2) is 12.2 Å². The lowest BCUT2D eigenvalue weighted by molar-refractivity contribution is -0.119. The van der Waals surface area contributed by atoms with Crippen molar-refractivity contribution >= 4 is 29.2 Å². The van der Waals surface area contributed by atoms with E-state index < -0.39 is 11.8 Å². The third kappa shape index (κ3) is 3.75. The lowest BCUT2D eigenvalue weighted by Crippen LogP contribution is -2.21. The van der Waals surface area contributed by atoms with Crippen molar-refractivity contribution in [2.75, 3.05) is 0 Å². The van der Waals surface area contributed by atoms with Crippen LogP contribution < -0.4 is 5.73 Å². The Kier molecular flexibility index (Phi) is 5.96. The summed E-state index contributed by atoms with van der Waals surface area (Å²) >= 11 is 0. The molecular formula is C20H25NO3. The zero-order valence-electron chi connectivity index (χ0n) is 14.5. The average molecular weight is 327 g/mol. The Hall–Kier alpha value is -2.36. The zero-order chi connectivity index (χ0) is 17.7. The molecule has 0 fully saturated rings. The molecule has 0 aliphatic rings. The van der Waals surface area contributed by atoms with Gasteiger partial charge in [0.2, 0.25) is 5.91 Å². The van der Waals surface area contributed by atoms with Gasteiger partial charge < -0.3 is 14.9 Å². The van der Waals surface area contributed by atoms with Crippen molar-refractivity contribution in [1.82, 2.24) is 0 Å². The second-order valence-electron chi connectivity index (χ2n) is 6.30. The van der Waals surface area contributed by atoms with Gasteiger partial charge in [0.05, 0.1) is 12.2 Å². The molecule has 1 aromatic heterocycles. The highest BCUT2D eigenvalue weighted by atomic mass is 16.3. The number of fused-ring (bicyclic) bond motifs is 1. The van der Waals surface area contributed by atoms with E-state index in [1.165, 1.54) is 0 Å². The van der Waals surface area contributed by atoms with E-state index in [1.54, 1.807) is 6.26 Å². The van der Waals surface area contributed by atoms with Crippen molar-refractivity contribution in [2.24, 2.45) is 11.7 Å². The first-order valence-corrected chi connectivity index (χ1v) is 8.41. The van der Waals surface area contributed by atoms with Crippen molar-refractivity contribution in [1.29, 1.82) is 0 Å². The molecule has 2 atom stereocenters. The Balaban J connectivity index is 2.59. The number of aryl methyl sites for hydroxylation is 1. The summed E-state index contributed by atoms with van der Waals surface area (Å²) in [4.78, 5) is 22.6. The van der Waals surface area contributed by atoms with Crippen molar-refractivity contribution in [3.8, 4) is 0 Å². The normalized spacial score (nSPS) is 14.1. The highest BCUT2D eigenvalue weighted by Crippen LogP contribution is 2.35. The van der Waals surface area contributed by atoms with Gasteiger partial charge in [0, 0.05) is 17.4 Å². The minimum atomic E-state index is -0.519. The second-order valence-corrected chi connectivity index (χ2v) is 6.30. The molecule has 2 unspecified atom stereocenters. The van der Waals surface area contributed by atoms with E-state index in [2.05, 4.69) is 26.0 Å². The number of amides is 1. The largest absolute Gasteiger partial charge is 0.464 e. The van der Waals surface area contributed by atoms with Crippen LogP contribution in [0.2, 0.25) is 0 Å². The number of benzene rings is 1. The van der Waals surface area contributed by atoms with Crippen molar-refractivity contribution in [2.45, 2.75) is 46.0 Å². The van der Waals surface area contributed by atoms with Crippen LogP contribution in [-0.2, 0) is 9.59 Å². The molecule has 0 saturated heterocycles. The van der Waals surface area contributed by atoms with E-state index in [0.29, 0.717) is 18.8 Å². The first-order valence-electron chi connectivity index (χ1n) is 8.41. The molecule has 0 saturated carbocycles. The van der Waals surface area contributed by atoms with Crippen LogP contribution in [0.25, 0.3) is 17.0 Å². The van der Waals surface area contributed by atoms with E-state index in [0.717, 1.165) is 40.4 Å². The molecule has 0 aliphatic heterocycles. The molecule has 4 heteroatoms. The van der Waals surface area contributed by atoms with Gasteiger partial charge in [-0.1, -0.05) is 38.5 Å². The number of primary amides is 1. The molecule has 2 aromatic rings. The molecule has 0 bridgehead atoms. The monoisotopic (exact) mass is 327 g/mol. The van der Waals surface area contributed by atoms with Gasteiger partial charge in [-0.15, -0.1) is 0 Å². The van der Waals surface area contributed by atoms with E-state index in [-0.39, 0.29) is 0 Å². The molecule has 0 radical (unpaired) electrons. The fourth-order valence-electron chi connectivity index (χ4n) is 2.84. The molecule has 2 rings (SSSR count). The summed E-state index contributed by atoms with van der Waals surface area (Å²) in [5.74, 6) is -0.482. The number of carbonyl (C=O) groups is 2. The van der Waals surface area contributed by atoms with Crippen LogP contribution in [0.5, 0.6) is 0 Å². The highest BCUT2D eigenvalue weighted by Gasteiger charge is 2.23. The summed E-state index contributed by atoms with van der Waals surface area (Å²) in [6.07, 6.45) is 8.44. The Morgan fingerprint density at radius 1 is 1.38 bits per heavy atom. The number of allylic oxidation sites excluding steroid dienone is 1. The van der Waals surface area contributed by atoms with Gasteiger partial charge in [-0.2, -0.15) is 0 Å². The first-order chi connectivity index (χ1) is 11.5. The van der Waals surface area contributed by atoms with E-state index >= 15 is 0 Å². The predicted molar refractivity (Wildman–Crippen MR) is 96.7 cm³/mol. The van der Waals surface area contributed by atoms with Crippen LogP contribution in [0.1, 0.15) is 55.7 Å². The van der Waals surface area contributed by atoms with Crippen LogP contribution in [0, 0.1) is 12.8 Å². The van der Waals surface area contributed by atoms with Crippen LogP contribution in [0.3, 0.4) is 0 Å². The Morgan fingerprint density at radius 3 is 2.75 bits per heavy atom. The number of aldehydes is 1. The van der Waals surface area contributed by atoms with Crippen molar-refractivity contribution in [3.05, 3.63) is 41.2 Å². The minimum absolute atomic E-state index is 0.296. The van der Waals surface area contributed by atoms with Gasteiger partial charge in [0.15, 0.2) is 0 Å². The molecule has 24 heavy (non-hydrogen) atoms. The van der Waals surface area contributed by atoms with Gasteiger partial charge in [0.25, 0.3) is 0 Å². The molecule has 1 aromatic carbocycles. The highest BCUT2D eigenvalue weighted by molar-refractivity contribution is 5.96. The summed E-state index contributed by atoms with van der Waals surface area (Å²) in [6, 6.07) is 3.92. The maximum atomic E-state index is 11.9. The first kappa shape index (κ1) is 18.0. The van der Waals surface area contributed by atoms with Crippen LogP contribution in [0.4, 0.5) is 0 Å². The minimum Gasteiger partial charge on any atom is -0.464 e. The van der Waals surface area contributed by atoms with E-state index in [1.807, 2.05) is 19.1 Å². The van der Waals surface area contributed by atoms with E-state index in [9.17, 15) is 9.59 Å². The Labute approximate surface area is 142 Å². The third-order valence-corrected chi connectivity index (χ3v) is 4.55. The molecule has 1 amide bonds. The maximum absolute atomic E-state index is 11.9. The second kappa shape index (κ2) is 7.95. The fraction of sp³-hybridized carbons (Fsp3) is 0.400. The van der Waals surface area contributed by atoms with Crippen LogP contribution >= 0.6 is 0 Å². The summed E-state index contributed by atoms with van der Waals surface area (Å²) in [7, 11) is 0. The fourth-order valence-corrected chi connectivity index (χ4v) is 2.84. The standard InChI is InChI=1S/C20H25NO3/c1-4-13(2)7-9-15-14(3)8-10-18-19(15)17(12-24-18)16(20(21)23)6-5-11-22/h7-13,16H,4-6H2,1-3H3,(H2,21,23)/b9-7-. The Bertz CT molecular complexity index is 758. The molecule has 0 aliphatic carbocycles. The average Bonchev–Trinajstić information content (AvgIpc) is 2.97. The number of hydrogen-bond donors (Lipinski definition) is 1. The molecule has 1 heterocycles. The van der Waals surface area contributed by atoms with Gasteiger partial charge in [-0.25, -0.2) is 0 Å². The number of hydrogen-bond acceptors (Lipinski definition) is 3. The predicted octanol–water partition coefficient (Wildman–Crippen LogP) is 4.35. The van der Waals surface area contributed by atoms with Crippen LogP contribution in [0.15, 0.2) is 28.9 Å². The number of carbonyl (C=O) groups excluding carboxylic acids is 2. The molecule has 128 valence electrons. The zero-order valence-corrected chi connectivity index (χ0v) is 14.5. The van der Waals surface area contributed by atoms with Gasteiger partial charge in [-0.3, -0.25) is 4.79 Å². The lowest BCUT2D eigenvalue weighted by atomic mass is 9.90. The van der Waals surface area contributed by atoms with E-state index in [4.69, 9.17) is 10.2 Å². The van der Waals surface area contributed by atoms with Gasteiger partial charge in [0.1, 0.15) is 11.9 Å². The Morgan fingerprint density at radius 2 is 2.12 bits per heavy atom. The number of furan rings is 1. The smallest absolute Gasteiger partial charge is 0.225 e. The van der Waals surface area contributed by atoms with Crippen molar-refractivity contribution < 1.29 is 14.0 Å². The third-order valence-electron chi connectivity index (χ3n) is 4.55. The summed E-state index contributed by atoms with van der Waals surface area (Å²) in [5, 5.41) is 0.921. The summed E-state index contributed by atoms with van der Waals surface area (Å²) in [5.41, 5.74) is 9.24. The topological polar surface area (TPSA) is 73.3 Å². The number of rotatable bonds is 8. The van der Waals surface area contributed by atoms with Gasteiger partial charge >= 0.3 is 0 Å². The van der Waals surface area contributed by atoms with Gasteiger partial charge in [-0.05, 0) is 36.5 Å². The molecule has 0 spiro atoms.